The first-order valence-corrected chi connectivity index (χ1v) is 6.31. The summed E-state index contributed by atoms with van der Waals surface area (Å²) < 4.78 is 0. The van der Waals surface area contributed by atoms with Crippen molar-refractivity contribution in [3.8, 4) is 0 Å². The zero-order chi connectivity index (χ0) is 14.3. The van der Waals surface area contributed by atoms with Gasteiger partial charge in [-0.15, -0.1) is 0 Å². The minimum Gasteiger partial charge on any atom is -0.478 e. The standard InChI is InChI=1S/C14H12N2O4/c17-12-9-3-1-2-4-10(9)13(18)16(12)11-6-5-8(7-15-11)14(19)20/h1-2,5-7,9-10H,3-4H2,(H,19,20)/t9-,10+. The Kier molecular flexibility index (Phi) is 2.85. The molecule has 3 rings (SSSR count). The Morgan fingerprint density at radius 2 is 1.75 bits per heavy atom. The van der Waals surface area contributed by atoms with Gasteiger partial charge in [0, 0.05) is 6.20 Å². The van der Waals surface area contributed by atoms with E-state index in [1.54, 1.807) is 0 Å². The molecule has 1 aromatic rings. The molecule has 1 aromatic heterocycles. The highest BCUT2D eigenvalue weighted by molar-refractivity contribution is 6.21. The third-order valence-electron chi connectivity index (χ3n) is 3.73. The average molecular weight is 272 g/mol. The second-order valence-corrected chi connectivity index (χ2v) is 4.88. The van der Waals surface area contributed by atoms with Crippen LogP contribution in [0, 0.1) is 11.8 Å². The lowest BCUT2D eigenvalue weighted by Crippen LogP contribution is -2.31. The predicted octanol–water partition coefficient (Wildman–Crippen LogP) is 1.24. The Hall–Kier alpha value is -2.50. The lowest BCUT2D eigenvalue weighted by Gasteiger charge is -2.14. The van der Waals surface area contributed by atoms with Gasteiger partial charge >= 0.3 is 5.97 Å². The quantitative estimate of drug-likeness (QED) is 0.646. The number of rotatable bonds is 2. The molecule has 1 fully saturated rings. The van der Waals surface area contributed by atoms with Gasteiger partial charge in [0.05, 0.1) is 17.4 Å². The maximum Gasteiger partial charge on any atom is 0.337 e. The lowest BCUT2D eigenvalue weighted by molar-refractivity contribution is -0.122. The molecule has 0 aromatic carbocycles. The van der Waals surface area contributed by atoms with Crippen molar-refractivity contribution < 1.29 is 19.5 Å². The minimum atomic E-state index is -1.10. The Morgan fingerprint density at radius 3 is 2.20 bits per heavy atom. The first-order valence-electron chi connectivity index (χ1n) is 6.31. The van der Waals surface area contributed by atoms with Gasteiger partial charge in [-0.05, 0) is 25.0 Å². The topological polar surface area (TPSA) is 87.6 Å². The molecule has 2 atom stereocenters. The van der Waals surface area contributed by atoms with Crippen LogP contribution < -0.4 is 4.90 Å². The number of pyridine rings is 1. The number of carbonyl (C=O) groups is 3. The van der Waals surface area contributed by atoms with Crippen molar-refractivity contribution in [3.63, 3.8) is 0 Å². The zero-order valence-corrected chi connectivity index (χ0v) is 10.5. The van der Waals surface area contributed by atoms with Gasteiger partial charge in [-0.2, -0.15) is 0 Å². The highest BCUT2D eigenvalue weighted by atomic mass is 16.4. The number of aromatic carboxylic acids is 1. The van der Waals surface area contributed by atoms with Crippen LogP contribution in [0.5, 0.6) is 0 Å². The molecule has 0 spiro atoms. The van der Waals surface area contributed by atoms with Gasteiger partial charge in [0.2, 0.25) is 11.8 Å². The number of fused-ring (bicyclic) bond motifs is 1. The van der Waals surface area contributed by atoms with Crippen LogP contribution in [0.2, 0.25) is 0 Å². The molecule has 0 radical (unpaired) electrons. The Bertz CT molecular complexity index is 595. The molecule has 6 nitrogen and oxygen atoms in total. The highest BCUT2D eigenvalue weighted by Gasteiger charge is 2.48. The van der Waals surface area contributed by atoms with Crippen molar-refractivity contribution in [3.05, 3.63) is 36.0 Å². The molecule has 2 aliphatic rings. The molecule has 0 bridgehead atoms. The van der Waals surface area contributed by atoms with Crippen molar-refractivity contribution in [1.82, 2.24) is 4.98 Å². The summed E-state index contributed by atoms with van der Waals surface area (Å²) in [7, 11) is 0. The largest absolute Gasteiger partial charge is 0.478 e. The van der Waals surface area contributed by atoms with Gasteiger partial charge < -0.3 is 5.11 Å². The summed E-state index contributed by atoms with van der Waals surface area (Å²) in [6.07, 6.45) is 6.12. The van der Waals surface area contributed by atoms with Crippen LogP contribution >= 0.6 is 0 Å². The number of carboxylic acid groups (broad SMARTS) is 1. The van der Waals surface area contributed by atoms with E-state index < -0.39 is 5.97 Å². The fourth-order valence-corrected chi connectivity index (χ4v) is 2.67. The normalized spacial score (nSPS) is 24.9. The van der Waals surface area contributed by atoms with Crippen molar-refractivity contribution in [2.45, 2.75) is 12.8 Å². The SMILES string of the molecule is O=C(O)c1ccc(N2C(=O)[C@H]3CC=CC[C@H]3C2=O)nc1. The summed E-state index contributed by atoms with van der Waals surface area (Å²) in [6.45, 7) is 0. The lowest BCUT2D eigenvalue weighted by atomic mass is 9.85. The van der Waals surface area contributed by atoms with Crippen LogP contribution in [0.3, 0.4) is 0 Å². The van der Waals surface area contributed by atoms with Gasteiger partial charge in [0.1, 0.15) is 5.82 Å². The number of allylic oxidation sites excluding steroid dienone is 2. The molecule has 0 unspecified atom stereocenters. The maximum absolute atomic E-state index is 12.3. The van der Waals surface area contributed by atoms with E-state index in [0.717, 1.165) is 11.1 Å². The van der Waals surface area contributed by atoms with Crippen LogP contribution in [-0.2, 0) is 9.59 Å². The number of carbonyl (C=O) groups excluding carboxylic acids is 2. The zero-order valence-electron chi connectivity index (χ0n) is 10.5. The van der Waals surface area contributed by atoms with Gasteiger partial charge in [-0.3, -0.25) is 9.59 Å². The van der Waals surface area contributed by atoms with Crippen molar-refractivity contribution in [2.24, 2.45) is 11.8 Å². The third kappa shape index (κ3) is 1.80. The number of hydrogen-bond donors (Lipinski definition) is 1. The van der Waals surface area contributed by atoms with Crippen molar-refractivity contribution in [2.75, 3.05) is 4.90 Å². The number of nitrogens with zero attached hydrogens (tertiary/aromatic N) is 2. The summed E-state index contributed by atoms with van der Waals surface area (Å²) in [5.74, 6) is -2.03. The minimum absolute atomic E-state index is 0.0203. The monoisotopic (exact) mass is 272 g/mol. The van der Waals surface area contributed by atoms with Crippen LogP contribution in [-0.4, -0.2) is 27.9 Å². The number of carboxylic acids is 1. The molecule has 2 amide bonds. The molecule has 1 N–H and O–H groups in total. The summed E-state index contributed by atoms with van der Waals surface area (Å²) in [5, 5.41) is 8.82. The average Bonchev–Trinajstić information content (AvgIpc) is 2.72. The molecule has 0 saturated carbocycles. The first kappa shape index (κ1) is 12.5. The molecule has 102 valence electrons. The van der Waals surface area contributed by atoms with Crippen molar-refractivity contribution in [1.29, 1.82) is 0 Å². The van der Waals surface area contributed by atoms with E-state index in [4.69, 9.17) is 5.11 Å². The maximum atomic E-state index is 12.3. The fourth-order valence-electron chi connectivity index (χ4n) is 2.67. The fraction of sp³-hybridized carbons (Fsp3) is 0.286. The van der Waals surface area contributed by atoms with Crippen molar-refractivity contribution >= 4 is 23.6 Å². The van der Waals surface area contributed by atoms with E-state index in [-0.39, 0.29) is 35.0 Å². The first-order chi connectivity index (χ1) is 9.59. The summed E-state index contributed by atoms with van der Waals surface area (Å²) >= 11 is 0. The molecule has 20 heavy (non-hydrogen) atoms. The Labute approximate surface area is 114 Å². The van der Waals surface area contributed by atoms with Crippen LogP contribution in [0.25, 0.3) is 0 Å². The van der Waals surface area contributed by atoms with Crippen LogP contribution in [0.4, 0.5) is 5.82 Å². The predicted molar refractivity (Wildman–Crippen MR) is 69.0 cm³/mol. The summed E-state index contributed by atoms with van der Waals surface area (Å²) in [5.41, 5.74) is 0.0203. The van der Waals surface area contributed by atoms with Crippen LogP contribution in [0.15, 0.2) is 30.5 Å². The Morgan fingerprint density at radius 1 is 1.15 bits per heavy atom. The summed E-state index contributed by atoms with van der Waals surface area (Å²) in [4.78, 5) is 40.3. The van der Waals surface area contributed by atoms with Gasteiger partial charge in [0.25, 0.3) is 0 Å². The van der Waals surface area contributed by atoms with Crippen LogP contribution in [0.1, 0.15) is 23.2 Å². The number of imide groups is 1. The van der Waals surface area contributed by atoms with Gasteiger partial charge in [0.15, 0.2) is 0 Å². The summed E-state index contributed by atoms with van der Waals surface area (Å²) in [6, 6.07) is 2.73. The molecule has 6 heteroatoms. The molecule has 1 saturated heterocycles. The van der Waals surface area contributed by atoms with Gasteiger partial charge in [-0.25, -0.2) is 14.7 Å². The second-order valence-electron chi connectivity index (χ2n) is 4.88. The third-order valence-corrected chi connectivity index (χ3v) is 3.73. The molecular weight excluding hydrogens is 260 g/mol. The van der Waals surface area contributed by atoms with E-state index >= 15 is 0 Å². The molecule has 1 aliphatic carbocycles. The Balaban J connectivity index is 1.92. The van der Waals surface area contributed by atoms with E-state index in [0.29, 0.717) is 12.8 Å². The van der Waals surface area contributed by atoms with E-state index in [1.165, 1.54) is 12.1 Å². The smallest absolute Gasteiger partial charge is 0.337 e. The van der Waals surface area contributed by atoms with E-state index in [2.05, 4.69) is 4.98 Å². The van der Waals surface area contributed by atoms with Gasteiger partial charge in [-0.1, -0.05) is 12.2 Å². The molecule has 2 heterocycles. The number of aromatic nitrogens is 1. The van der Waals surface area contributed by atoms with E-state index in [9.17, 15) is 14.4 Å². The number of anilines is 1. The number of hydrogen-bond acceptors (Lipinski definition) is 4. The molecular formula is C14H12N2O4. The highest BCUT2D eigenvalue weighted by Crippen LogP contribution is 2.36. The second kappa shape index (κ2) is 4.56. The number of amides is 2. The van der Waals surface area contributed by atoms with E-state index in [1.807, 2.05) is 12.2 Å². The molecule has 1 aliphatic heterocycles.